The maximum Gasteiger partial charge on any atom is 0.264 e. The quantitative estimate of drug-likeness (QED) is 0.271. The molecule has 42 heavy (non-hydrogen) atoms. The topological polar surface area (TPSA) is 96.0 Å². The summed E-state index contributed by atoms with van der Waals surface area (Å²) in [4.78, 5) is 28.5. The molecule has 0 fully saturated rings. The zero-order chi connectivity index (χ0) is 30.9. The molecule has 3 aromatic rings. The first-order valence-electron chi connectivity index (χ1n) is 13.9. The van der Waals surface area contributed by atoms with Crippen molar-refractivity contribution < 1.29 is 31.5 Å². The summed E-state index contributed by atoms with van der Waals surface area (Å²) < 4.78 is 61.5. The third-order valence-corrected chi connectivity index (χ3v) is 8.56. The Balaban J connectivity index is 2.04. The van der Waals surface area contributed by atoms with Gasteiger partial charge in [0.25, 0.3) is 10.0 Å². The van der Waals surface area contributed by atoms with Gasteiger partial charge in [-0.3, -0.25) is 13.9 Å². The lowest BCUT2D eigenvalue weighted by Gasteiger charge is -2.33. The Morgan fingerprint density at radius 1 is 0.857 bits per heavy atom. The second-order valence-electron chi connectivity index (χ2n) is 9.78. The van der Waals surface area contributed by atoms with Gasteiger partial charge in [-0.25, -0.2) is 17.2 Å². The number of anilines is 1. The van der Waals surface area contributed by atoms with Crippen molar-refractivity contribution in [1.82, 2.24) is 10.2 Å². The van der Waals surface area contributed by atoms with Gasteiger partial charge < -0.3 is 15.0 Å². The normalized spacial score (nSPS) is 12.7. The monoisotopic (exact) mass is 601 g/mol. The predicted molar refractivity (Wildman–Crippen MR) is 157 cm³/mol. The van der Waals surface area contributed by atoms with Crippen LogP contribution < -0.4 is 14.4 Å². The average Bonchev–Trinajstić information content (AvgIpc) is 2.97. The molecule has 3 aromatic carbocycles. The number of sulfonamides is 1. The lowest BCUT2D eigenvalue weighted by Crippen LogP contribution is -2.53. The molecule has 11 heteroatoms. The highest BCUT2D eigenvalue weighted by atomic mass is 32.2. The number of hydrogen-bond acceptors (Lipinski definition) is 5. The maximum absolute atomic E-state index is 14.0. The molecular formula is C31H37F2N3O5S. The van der Waals surface area contributed by atoms with E-state index in [9.17, 15) is 26.8 Å². The fourth-order valence-corrected chi connectivity index (χ4v) is 5.70. The molecule has 0 radical (unpaired) electrons. The fourth-order valence-electron chi connectivity index (χ4n) is 4.28. The molecule has 0 spiro atoms. The molecule has 8 nitrogen and oxygen atoms in total. The zero-order valence-electron chi connectivity index (χ0n) is 24.2. The number of nitrogens with zero attached hydrogens (tertiary/aromatic N) is 2. The average molecular weight is 602 g/mol. The van der Waals surface area contributed by atoms with Gasteiger partial charge in [0, 0.05) is 12.6 Å². The van der Waals surface area contributed by atoms with Crippen molar-refractivity contribution in [2.45, 2.75) is 64.1 Å². The van der Waals surface area contributed by atoms with Crippen molar-refractivity contribution in [1.29, 1.82) is 0 Å². The van der Waals surface area contributed by atoms with Crippen LogP contribution in [0.5, 0.6) is 5.75 Å². The first-order valence-corrected chi connectivity index (χ1v) is 15.3. The molecule has 1 N–H and O–H groups in total. The second-order valence-corrected chi connectivity index (χ2v) is 11.6. The van der Waals surface area contributed by atoms with Crippen molar-refractivity contribution in [3.63, 3.8) is 0 Å². The maximum atomic E-state index is 14.0. The third kappa shape index (κ3) is 8.28. The number of rotatable bonds is 14. The van der Waals surface area contributed by atoms with E-state index in [1.54, 1.807) is 13.8 Å². The molecule has 0 aliphatic carbocycles. The van der Waals surface area contributed by atoms with Crippen LogP contribution in [-0.2, 0) is 26.2 Å². The van der Waals surface area contributed by atoms with Crippen molar-refractivity contribution in [2.75, 3.05) is 17.5 Å². The lowest BCUT2D eigenvalue weighted by atomic mass is 10.1. The molecule has 2 atom stereocenters. The van der Waals surface area contributed by atoms with Crippen LogP contribution in [0.3, 0.4) is 0 Å². The molecule has 0 aliphatic rings. The van der Waals surface area contributed by atoms with Gasteiger partial charge in [-0.2, -0.15) is 0 Å². The molecule has 0 aliphatic heterocycles. The molecule has 3 rings (SSSR count). The van der Waals surface area contributed by atoms with Gasteiger partial charge >= 0.3 is 0 Å². The molecule has 2 amide bonds. The van der Waals surface area contributed by atoms with E-state index >= 15 is 0 Å². The Kier molecular flexibility index (Phi) is 11.4. The smallest absolute Gasteiger partial charge is 0.264 e. The largest absolute Gasteiger partial charge is 0.494 e. The van der Waals surface area contributed by atoms with E-state index in [-0.39, 0.29) is 35.5 Å². The second kappa shape index (κ2) is 14.8. The first kappa shape index (κ1) is 32.5. The van der Waals surface area contributed by atoms with Crippen molar-refractivity contribution in [3.8, 4) is 5.75 Å². The van der Waals surface area contributed by atoms with E-state index in [1.165, 1.54) is 65.6 Å². The number of benzene rings is 3. The summed E-state index contributed by atoms with van der Waals surface area (Å²) in [6.45, 7) is 6.98. The minimum atomic E-state index is -4.32. The summed E-state index contributed by atoms with van der Waals surface area (Å²) in [5.74, 6) is -1.60. The molecule has 0 saturated heterocycles. The molecule has 0 saturated carbocycles. The van der Waals surface area contributed by atoms with Crippen LogP contribution in [0.15, 0.2) is 77.7 Å². The van der Waals surface area contributed by atoms with Crippen LogP contribution >= 0.6 is 0 Å². The molecule has 0 heterocycles. The highest BCUT2D eigenvalue weighted by Gasteiger charge is 2.34. The minimum absolute atomic E-state index is 0.0636. The Bertz CT molecular complexity index is 1430. The van der Waals surface area contributed by atoms with Gasteiger partial charge in [0.2, 0.25) is 11.8 Å². The van der Waals surface area contributed by atoms with Crippen LogP contribution in [0.25, 0.3) is 0 Å². The molecular weight excluding hydrogens is 564 g/mol. The van der Waals surface area contributed by atoms with Crippen molar-refractivity contribution >= 4 is 27.5 Å². The van der Waals surface area contributed by atoms with E-state index in [2.05, 4.69) is 5.32 Å². The number of carbonyl (C=O) groups excluding carboxylic acids is 2. The number of carbonyl (C=O) groups is 2. The number of hydrogen-bond donors (Lipinski definition) is 1. The third-order valence-electron chi connectivity index (χ3n) is 6.77. The lowest BCUT2D eigenvalue weighted by molar-refractivity contribution is -0.140. The van der Waals surface area contributed by atoms with Gasteiger partial charge in [-0.15, -0.1) is 0 Å². The summed E-state index contributed by atoms with van der Waals surface area (Å²) in [5, 5.41) is 2.90. The summed E-state index contributed by atoms with van der Waals surface area (Å²) in [6, 6.07) is 14.9. The van der Waals surface area contributed by atoms with Crippen LogP contribution in [0.2, 0.25) is 0 Å². The summed E-state index contributed by atoms with van der Waals surface area (Å²) in [7, 11) is -4.32. The fraction of sp³-hybridized carbons (Fsp3) is 0.355. The summed E-state index contributed by atoms with van der Waals surface area (Å²) in [5.41, 5.74) is 0.625. The zero-order valence-corrected chi connectivity index (χ0v) is 25.0. The van der Waals surface area contributed by atoms with E-state index in [0.29, 0.717) is 24.3 Å². The molecule has 226 valence electrons. The van der Waals surface area contributed by atoms with Crippen molar-refractivity contribution in [3.05, 3.63) is 90.0 Å². The number of amides is 2. The van der Waals surface area contributed by atoms with Gasteiger partial charge in [0.05, 0.1) is 17.2 Å². The van der Waals surface area contributed by atoms with E-state index in [4.69, 9.17) is 4.74 Å². The molecule has 0 unspecified atom stereocenters. The molecule has 0 bridgehead atoms. The minimum Gasteiger partial charge on any atom is -0.494 e. The Morgan fingerprint density at radius 3 is 1.95 bits per heavy atom. The number of ether oxygens (including phenoxy) is 1. The Hall–Kier alpha value is -3.99. The Labute approximate surface area is 246 Å². The number of nitrogens with one attached hydrogen (secondary N) is 1. The highest BCUT2D eigenvalue weighted by molar-refractivity contribution is 7.92. The Morgan fingerprint density at radius 2 is 1.43 bits per heavy atom. The first-order chi connectivity index (χ1) is 20.0. The molecule has 0 aromatic heterocycles. The summed E-state index contributed by atoms with van der Waals surface area (Å²) >= 11 is 0. The highest BCUT2D eigenvalue weighted by Crippen LogP contribution is 2.26. The van der Waals surface area contributed by atoms with Crippen LogP contribution in [0.1, 0.15) is 46.1 Å². The summed E-state index contributed by atoms with van der Waals surface area (Å²) in [6.07, 6.45) is 0.921. The van der Waals surface area contributed by atoms with Crippen LogP contribution in [0.4, 0.5) is 14.5 Å². The van der Waals surface area contributed by atoms with Crippen LogP contribution in [-0.4, -0.2) is 50.4 Å². The van der Waals surface area contributed by atoms with Gasteiger partial charge in [-0.1, -0.05) is 26.0 Å². The van der Waals surface area contributed by atoms with E-state index in [1.807, 2.05) is 13.8 Å². The van der Waals surface area contributed by atoms with Crippen LogP contribution in [0, 0.1) is 11.6 Å². The SMILES string of the molecule is CCOc1ccc(S(=O)(=O)N(CC(=O)N(Cc2ccc(F)cc2)[C@@H](CC)C(=O)N[C@@H](C)CC)c2ccc(F)cc2)cc1. The van der Waals surface area contributed by atoms with Gasteiger partial charge in [0.15, 0.2) is 0 Å². The van der Waals surface area contributed by atoms with Gasteiger partial charge in [0.1, 0.15) is 30.0 Å². The van der Waals surface area contributed by atoms with Crippen molar-refractivity contribution in [2.24, 2.45) is 0 Å². The predicted octanol–water partition coefficient (Wildman–Crippen LogP) is 5.28. The van der Waals surface area contributed by atoms with E-state index in [0.717, 1.165) is 16.4 Å². The van der Waals surface area contributed by atoms with E-state index < -0.39 is 40.2 Å². The van der Waals surface area contributed by atoms with Gasteiger partial charge in [-0.05, 0) is 92.9 Å². The standard InChI is InChI=1S/C31H37F2N3O5S/c1-5-22(4)34-31(38)29(6-2)35(20-23-8-10-24(32)11-9-23)30(37)21-36(26-14-12-25(33)13-15-26)42(39,40)28-18-16-27(17-19-28)41-7-3/h8-19,22,29H,5-7,20-21H2,1-4H3,(H,34,38)/t22-,29-/m0/s1. The number of halogens is 2.